The number of carbonyl (C=O) groups is 2. The van der Waals surface area contributed by atoms with Crippen molar-refractivity contribution in [2.75, 3.05) is 5.32 Å². The summed E-state index contributed by atoms with van der Waals surface area (Å²) in [4.78, 5) is 28.4. The molecule has 0 aromatic heterocycles. The van der Waals surface area contributed by atoms with Crippen LogP contribution in [-0.4, -0.2) is 22.6 Å². The number of hydrogen-bond acceptors (Lipinski definition) is 3. The van der Waals surface area contributed by atoms with E-state index in [1.807, 2.05) is 30.3 Å². The summed E-state index contributed by atoms with van der Waals surface area (Å²) in [6.45, 7) is 2.06. The van der Waals surface area contributed by atoms with E-state index in [1.165, 1.54) is 0 Å². The van der Waals surface area contributed by atoms with E-state index in [0.717, 1.165) is 5.56 Å². The molecule has 2 aliphatic heterocycles. The number of amides is 3. The van der Waals surface area contributed by atoms with E-state index < -0.39 is 17.7 Å². The Hall–Kier alpha value is -3.22. The molecule has 8 heteroatoms. The third-order valence-electron chi connectivity index (χ3n) is 6.17. The van der Waals surface area contributed by atoms with E-state index in [0.29, 0.717) is 27.0 Å². The van der Waals surface area contributed by atoms with E-state index >= 15 is 0 Å². The van der Waals surface area contributed by atoms with Crippen LogP contribution >= 0.6 is 23.2 Å². The van der Waals surface area contributed by atoms with Crippen LogP contribution in [0, 0.1) is 5.92 Å². The second-order valence-corrected chi connectivity index (χ2v) is 9.18. The molecule has 0 unspecified atom stereocenters. The van der Waals surface area contributed by atoms with Crippen molar-refractivity contribution in [3.8, 4) is 5.75 Å². The molecule has 3 atom stereocenters. The molecular weight excluding hydrogens is 461 g/mol. The highest BCUT2D eigenvalue weighted by molar-refractivity contribution is 6.31. The quantitative estimate of drug-likeness (QED) is 0.507. The van der Waals surface area contributed by atoms with Gasteiger partial charge in [-0.15, -0.1) is 0 Å². The molecule has 5 rings (SSSR count). The number of urea groups is 1. The van der Waals surface area contributed by atoms with Crippen molar-refractivity contribution in [1.82, 2.24) is 10.2 Å². The molecule has 6 nitrogen and oxygen atoms in total. The highest BCUT2D eigenvalue weighted by Crippen LogP contribution is 2.49. The molecule has 1 fully saturated rings. The third-order valence-corrected chi connectivity index (χ3v) is 6.66. The number of carbonyl (C=O) groups excluding carboxylic acids is 2. The summed E-state index contributed by atoms with van der Waals surface area (Å²) in [5, 5.41) is 7.04. The summed E-state index contributed by atoms with van der Waals surface area (Å²) in [6, 6.07) is 20.8. The molecular formula is C25H21Cl2N3O3. The fourth-order valence-corrected chi connectivity index (χ4v) is 4.88. The Bertz CT molecular complexity index is 1220. The molecule has 1 saturated heterocycles. The van der Waals surface area contributed by atoms with Gasteiger partial charge in [0.15, 0.2) is 5.72 Å². The number of anilines is 1. The first kappa shape index (κ1) is 21.6. The molecule has 33 heavy (non-hydrogen) atoms. The van der Waals surface area contributed by atoms with Crippen LogP contribution in [0.2, 0.25) is 10.0 Å². The Labute approximate surface area is 201 Å². The van der Waals surface area contributed by atoms with Crippen molar-refractivity contribution in [2.45, 2.75) is 25.2 Å². The minimum atomic E-state index is -1.24. The predicted octanol–water partition coefficient (Wildman–Crippen LogP) is 5.62. The van der Waals surface area contributed by atoms with Crippen molar-refractivity contribution in [3.05, 3.63) is 94.0 Å². The minimum absolute atomic E-state index is 0.281. The van der Waals surface area contributed by atoms with Crippen LogP contribution in [0.3, 0.4) is 0 Å². The first-order chi connectivity index (χ1) is 15.8. The van der Waals surface area contributed by atoms with Crippen LogP contribution in [0.4, 0.5) is 10.5 Å². The number of benzene rings is 3. The summed E-state index contributed by atoms with van der Waals surface area (Å²) >= 11 is 12.2. The Morgan fingerprint density at radius 2 is 1.76 bits per heavy atom. The SMILES string of the molecule is C[C@@]12Oc3ccc(Cl)cc3[C@@H](NC(=O)N1Cc1ccccc1)[C@@H]2C(=O)Nc1ccc(Cl)cc1. The zero-order valence-corrected chi connectivity index (χ0v) is 19.2. The van der Waals surface area contributed by atoms with Gasteiger partial charge in [0.2, 0.25) is 5.91 Å². The highest BCUT2D eigenvalue weighted by Gasteiger charge is 2.59. The average molecular weight is 482 g/mol. The lowest BCUT2D eigenvalue weighted by atomic mass is 9.78. The highest BCUT2D eigenvalue weighted by atomic mass is 35.5. The smallest absolute Gasteiger partial charge is 0.321 e. The molecule has 0 saturated carbocycles. The fraction of sp³-hybridized carbons (Fsp3) is 0.200. The molecule has 168 valence electrons. The molecule has 3 amide bonds. The van der Waals surface area contributed by atoms with E-state index in [1.54, 1.807) is 54.3 Å². The van der Waals surface area contributed by atoms with Crippen LogP contribution < -0.4 is 15.4 Å². The second kappa shape index (κ2) is 8.28. The molecule has 3 aromatic carbocycles. The second-order valence-electron chi connectivity index (χ2n) is 8.31. The molecule has 0 spiro atoms. The minimum Gasteiger partial charge on any atom is -0.467 e. The van der Waals surface area contributed by atoms with Crippen LogP contribution in [0.25, 0.3) is 0 Å². The van der Waals surface area contributed by atoms with Gasteiger partial charge in [0.1, 0.15) is 11.7 Å². The van der Waals surface area contributed by atoms with E-state index in [9.17, 15) is 9.59 Å². The van der Waals surface area contributed by atoms with Crippen molar-refractivity contribution < 1.29 is 14.3 Å². The lowest BCUT2D eigenvalue weighted by molar-refractivity contribution is -0.155. The summed E-state index contributed by atoms with van der Waals surface area (Å²) in [5.41, 5.74) is 0.961. The average Bonchev–Trinajstić information content (AvgIpc) is 2.79. The zero-order valence-electron chi connectivity index (χ0n) is 17.7. The lowest BCUT2D eigenvalue weighted by Gasteiger charge is -2.54. The van der Waals surface area contributed by atoms with Gasteiger partial charge >= 0.3 is 6.03 Å². The number of nitrogens with zero attached hydrogens (tertiary/aromatic N) is 1. The number of hydrogen-bond donors (Lipinski definition) is 2. The van der Waals surface area contributed by atoms with E-state index in [4.69, 9.17) is 27.9 Å². The van der Waals surface area contributed by atoms with Crippen LogP contribution in [-0.2, 0) is 11.3 Å². The van der Waals surface area contributed by atoms with Crippen molar-refractivity contribution in [3.63, 3.8) is 0 Å². The number of halogens is 2. The van der Waals surface area contributed by atoms with Gasteiger partial charge in [0.05, 0.1) is 12.6 Å². The Kier molecular flexibility index (Phi) is 5.43. The number of nitrogens with one attached hydrogen (secondary N) is 2. The normalized spacial score (nSPS) is 23.2. The molecule has 3 aromatic rings. The fourth-order valence-electron chi connectivity index (χ4n) is 4.57. The van der Waals surface area contributed by atoms with Gasteiger partial charge < -0.3 is 15.4 Å². The third kappa shape index (κ3) is 3.90. The van der Waals surface area contributed by atoms with Crippen LogP contribution in [0.1, 0.15) is 24.1 Å². The number of fused-ring (bicyclic) bond motifs is 4. The van der Waals surface area contributed by atoms with Crippen LogP contribution in [0.5, 0.6) is 5.75 Å². The van der Waals surface area contributed by atoms with E-state index in [-0.39, 0.29) is 18.5 Å². The van der Waals surface area contributed by atoms with Crippen molar-refractivity contribution in [1.29, 1.82) is 0 Å². The maximum atomic E-state index is 13.6. The molecule has 2 aliphatic rings. The maximum Gasteiger partial charge on any atom is 0.321 e. The first-order valence-electron chi connectivity index (χ1n) is 10.5. The van der Waals surface area contributed by atoms with Crippen LogP contribution in [0.15, 0.2) is 72.8 Å². The summed E-state index contributed by atoms with van der Waals surface area (Å²) < 4.78 is 6.42. The van der Waals surface area contributed by atoms with Gasteiger partial charge in [-0.2, -0.15) is 0 Å². The van der Waals surface area contributed by atoms with Gasteiger partial charge in [0, 0.05) is 21.3 Å². The monoisotopic (exact) mass is 481 g/mol. The summed E-state index contributed by atoms with van der Waals surface area (Å²) in [5.74, 6) is -0.449. The standard InChI is InChI=1S/C25H21Cl2N3O3/c1-25-21(23(31)28-18-10-7-16(26)8-11-18)22(19-13-17(27)9-12-20(19)33-25)29-24(32)30(25)14-15-5-3-2-4-6-15/h2-13,21-22H,14H2,1H3,(H,28,31)(H,29,32)/t21-,22-,25+/m1/s1. The zero-order chi connectivity index (χ0) is 23.2. The molecule has 2 heterocycles. The Morgan fingerprint density at radius 1 is 1.06 bits per heavy atom. The van der Waals surface area contributed by atoms with Gasteiger partial charge in [-0.1, -0.05) is 53.5 Å². The molecule has 2 N–H and O–H groups in total. The van der Waals surface area contributed by atoms with E-state index in [2.05, 4.69) is 10.6 Å². The predicted molar refractivity (Wildman–Crippen MR) is 127 cm³/mol. The topological polar surface area (TPSA) is 70.7 Å². The summed E-state index contributed by atoms with van der Waals surface area (Å²) in [6.07, 6.45) is 0. The maximum absolute atomic E-state index is 13.6. The number of rotatable bonds is 4. The van der Waals surface area contributed by atoms with Gasteiger partial charge in [-0.25, -0.2) is 4.79 Å². The van der Waals surface area contributed by atoms with Gasteiger partial charge in [0.25, 0.3) is 0 Å². The van der Waals surface area contributed by atoms with Gasteiger partial charge in [-0.3, -0.25) is 9.69 Å². The Morgan fingerprint density at radius 3 is 2.48 bits per heavy atom. The summed E-state index contributed by atoms with van der Waals surface area (Å²) in [7, 11) is 0. The van der Waals surface area contributed by atoms with Gasteiger partial charge in [-0.05, 0) is 55.0 Å². The molecule has 0 radical (unpaired) electrons. The molecule has 0 aliphatic carbocycles. The van der Waals surface area contributed by atoms with Crippen molar-refractivity contribution >= 4 is 40.8 Å². The largest absolute Gasteiger partial charge is 0.467 e. The first-order valence-corrected chi connectivity index (χ1v) is 11.3. The van der Waals surface area contributed by atoms with Crippen molar-refractivity contribution in [2.24, 2.45) is 5.92 Å². The Balaban J connectivity index is 1.56. The lowest BCUT2D eigenvalue weighted by Crippen LogP contribution is -2.71. The molecule has 2 bridgehead atoms. The number of ether oxygens (including phenoxy) is 1.